The lowest BCUT2D eigenvalue weighted by molar-refractivity contribution is 0.378. The van der Waals surface area contributed by atoms with E-state index in [2.05, 4.69) is 91.9 Å². The lowest BCUT2D eigenvalue weighted by Gasteiger charge is -2.44. The summed E-state index contributed by atoms with van der Waals surface area (Å²) in [7, 11) is -0.0229. The largest absolute Gasteiger partial charge is 0.207 e. The van der Waals surface area contributed by atoms with Crippen molar-refractivity contribution in [1.82, 2.24) is 0 Å². The maximum Gasteiger partial charge on any atom is 0.200 e. The van der Waals surface area contributed by atoms with Crippen molar-refractivity contribution in [2.75, 3.05) is 0 Å². The summed E-state index contributed by atoms with van der Waals surface area (Å²) in [4.78, 5) is 4.10. The summed E-state index contributed by atoms with van der Waals surface area (Å²) in [6.45, 7) is 2.13. The molecule has 0 atom stereocenters. The molecule has 0 saturated carbocycles. The molecule has 0 fully saturated rings. The van der Waals surface area contributed by atoms with Crippen molar-refractivity contribution < 1.29 is 87.8 Å². The summed E-state index contributed by atoms with van der Waals surface area (Å²) in [5.74, 6) is -71.4. The van der Waals surface area contributed by atoms with E-state index in [1.54, 1.807) is 0 Å². The van der Waals surface area contributed by atoms with Crippen molar-refractivity contribution in [3.05, 3.63) is 207 Å². The summed E-state index contributed by atoms with van der Waals surface area (Å²) in [5.41, 5.74) is -13.0. The number of halogens is 20. The molecule has 0 spiro atoms. The quantitative estimate of drug-likeness (QED) is 0.0491. The second kappa shape index (κ2) is 18.2. The van der Waals surface area contributed by atoms with Gasteiger partial charge in [-0.25, -0.2) is 87.8 Å². The molecule has 7 aromatic rings. The van der Waals surface area contributed by atoms with Crippen LogP contribution in [-0.4, -0.2) is 6.15 Å². The van der Waals surface area contributed by atoms with Crippen LogP contribution >= 0.6 is 0 Å². The van der Waals surface area contributed by atoms with Crippen LogP contribution in [0.2, 0.25) is 0 Å². The fourth-order valence-electron chi connectivity index (χ4n) is 7.07. The zero-order chi connectivity index (χ0) is 48.1. The lowest BCUT2D eigenvalue weighted by Crippen LogP contribution is -2.81. The van der Waals surface area contributed by atoms with E-state index in [1.165, 1.54) is 20.2 Å². The minimum atomic E-state index is -7.22. The van der Waals surface area contributed by atoms with Crippen molar-refractivity contribution in [1.29, 1.82) is 0 Å². The van der Waals surface area contributed by atoms with Gasteiger partial charge in [0.15, 0.2) is 84.5 Å². The molecule has 0 aromatic heterocycles. The van der Waals surface area contributed by atoms with Crippen LogP contribution < -0.4 is 21.9 Å². The minimum absolute atomic E-state index is 0.0229. The number of hydrogen-bond donors (Lipinski definition) is 0. The van der Waals surface area contributed by atoms with E-state index in [0.717, 1.165) is 0 Å². The number of aryl methyl sites for hydroxylation is 1. The molecule has 0 aliphatic carbocycles. The van der Waals surface area contributed by atoms with Crippen LogP contribution in [0.3, 0.4) is 0 Å². The SMILES string of the molecule is Cc1ccc([S+](c2ccccc2)c2ccccc2)cc1.Fc1c(F)c(F)c([B-](c2c(F)c(F)c(F)c(F)c2F)(c2c(F)c(F)c(F)c(F)c2F)c2c(F)c(F)c(F)c(F)c2F)c(F)c1F. The molecule has 0 aliphatic heterocycles. The highest BCUT2D eigenvalue weighted by Crippen LogP contribution is 2.33. The van der Waals surface area contributed by atoms with E-state index >= 15 is 35.1 Å². The molecule has 0 aliphatic rings. The molecule has 0 bridgehead atoms. The molecule has 65 heavy (non-hydrogen) atoms. The van der Waals surface area contributed by atoms with Gasteiger partial charge in [-0.2, -0.15) is 0 Å². The van der Waals surface area contributed by atoms with Gasteiger partial charge in [-0.1, -0.05) is 54.1 Å². The summed E-state index contributed by atoms with van der Waals surface area (Å²) in [5, 5.41) is 0. The van der Waals surface area contributed by atoms with E-state index < -0.39 is 144 Å². The van der Waals surface area contributed by atoms with E-state index in [9.17, 15) is 52.7 Å². The molecule has 0 radical (unpaired) electrons. The molecule has 7 rings (SSSR count). The zero-order valence-electron chi connectivity index (χ0n) is 31.6. The molecule has 0 nitrogen and oxygen atoms in total. The summed E-state index contributed by atoms with van der Waals surface area (Å²) in [6, 6.07) is 30.4. The Bertz CT molecular complexity index is 2560. The Morgan fingerprint density at radius 1 is 0.246 bits per heavy atom. The van der Waals surface area contributed by atoms with Gasteiger partial charge in [-0.3, -0.25) is 0 Å². The van der Waals surface area contributed by atoms with E-state index in [0.29, 0.717) is 0 Å². The van der Waals surface area contributed by atoms with Gasteiger partial charge in [0, 0.05) is 0 Å². The van der Waals surface area contributed by atoms with Crippen LogP contribution in [-0.2, 0) is 10.9 Å². The Balaban J connectivity index is 0.000000289. The summed E-state index contributed by atoms with van der Waals surface area (Å²) in [6.07, 6.45) is -7.22. The maximum atomic E-state index is 15.4. The number of hydrogen-bond acceptors (Lipinski definition) is 0. The third-order valence-electron chi connectivity index (χ3n) is 9.92. The maximum absolute atomic E-state index is 15.4. The van der Waals surface area contributed by atoms with Gasteiger partial charge in [0.1, 0.15) is 52.7 Å². The molecule has 22 heteroatoms. The summed E-state index contributed by atoms with van der Waals surface area (Å²) < 4.78 is 294. The fraction of sp³-hybridized carbons (Fsp3) is 0.0233. The van der Waals surface area contributed by atoms with Gasteiger partial charge >= 0.3 is 0 Å². The number of benzene rings is 7. The first-order valence-electron chi connectivity index (χ1n) is 17.7. The zero-order valence-corrected chi connectivity index (χ0v) is 32.4. The first kappa shape index (κ1) is 48.0. The van der Waals surface area contributed by atoms with E-state index in [-0.39, 0.29) is 10.9 Å². The van der Waals surface area contributed by atoms with Gasteiger partial charge in [0.2, 0.25) is 0 Å². The van der Waals surface area contributed by atoms with Crippen LogP contribution in [0.25, 0.3) is 0 Å². The monoisotopic (exact) mass is 956 g/mol. The lowest BCUT2D eigenvalue weighted by atomic mass is 9.12. The van der Waals surface area contributed by atoms with Gasteiger partial charge in [0.25, 0.3) is 0 Å². The first-order valence-corrected chi connectivity index (χ1v) is 18.9. The molecule has 338 valence electrons. The highest BCUT2D eigenvalue weighted by molar-refractivity contribution is 7.97. The van der Waals surface area contributed by atoms with Crippen LogP contribution in [0.1, 0.15) is 5.56 Å². The Kier molecular flexibility index (Phi) is 13.5. The second-order valence-electron chi connectivity index (χ2n) is 13.5. The Morgan fingerprint density at radius 3 is 0.646 bits per heavy atom. The molecule has 0 N–H and O–H groups in total. The first-order chi connectivity index (χ1) is 30.5. The van der Waals surface area contributed by atoms with E-state index in [4.69, 9.17) is 0 Å². The van der Waals surface area contributed by atoms with Gasteiger partial charge in [0.05, 0.1) is 10.9 Å². The van der Waals surface area contributed by atoms with Crippen molar-refractivity contribution >= 4 is 38.9 Å². The van der Waals surface area contributed by atoms with Gasteiger partial charge in [-0.05, 0) is 43.3 Å². The van der Waals surface area contributed by atoms with Gasteiger partial charge in [-0.15, -0.1) is 21.9 Å². The number of rotatable bonds is 7. The van der Waals surface area contributed by atoms with Crippen molar-refractivity contribution in [3.63, 3.8) is 0 Å². The fourth-order valence-corrected chi connectivity index (χ4v) is 9.15. The smallest absolute Gasteiger partial charge is 0.200 e. The average Bonchev–Trinajstić information content (AvgIpc) is 3.30. The van der Waals surface area contributed by atoms with Crippen molar-refractivity contribution in [2.24, 2.45) is 0 Å². The standard InChI is InChI=1S/C24BF20.C19H17S/c26-5-1(6(27)14(35)21(42)13(5)34)25(2-7(28)15(36)22(43)16(37)8(2)29,3-9(30)17(38)23(44)18(39)10(3)31)4-11(32)19(40)24(45)20(41)12(4)33;1-16-12-14-19(15-13-16)20(17-8-4-2-5-9-17)18-10-6-3-7-11-18/h;2-15H,1H3/q-1;+1. The molecule has 0 amide bonds. The van der Waals surface area contributed by atoms with Crippen molar-refractivity contribution in [2.45, 2.75) is 21.6 Å². The van der Waals surface area contributed by atoms with Crippen LogP contribution in [0.4, 0.5) is 87.8 Å². The van der Waals surface area contributed by atoms with E-state index in [1.807, 2.05) is 0 Å². The highest BCUT2D eigenvalue weighted by atomic mass is 32.2. The normalized spacial score (nSPS) is 11.6. The van der Waals surface area contributed by atoms with Crippen LogP contribution in [0.5, 0.6) is 0 Å². The van der Waals surface area contributed by atoms with Crippen LogP contribution in [0, 0.1) is 123 Å². The minimum Gasteiger partial charge on any atom is -0.207 e. The topological polar surface area (TPSA) is 0 Å². The Labute approximate surface area is 354 Å². The van der Waals surface area contributed by atoms with Gasteiger partial charge < -0.3 is 0 Å². The summed E-state index contributed by atoms with van der Waals surface area (Å²) >= 11 is 0. The predicted octanol–water partition coefficient (Wildman–Crippen LogP) is 10.9. The van der Waals surface area contributed by atoms with Crippen molar-refractivity contribution in [3.8, 4) is 0 Å². The molecular weight excluding hydrogens is 939 g/mol. The molecule has 0 saturated heterocycles. The third kappa shape index (κ3) is 7.73. The second-order valence-corrected chi connectivity index (χ2v) is 15.6. The highest BCUT2D eigenvalue weighted by Gasteiger charge is 2.52. The average molecular weight is 956 g/mol. The Morgan fingerprint density at radius 2 is 0.431 bits per heavy atom. The predicted molar refractivity (Wildman–Crippen MR) is 195 cm³/mol. The molecule has 0 unspecified atom stereocenters. The third-order valence-corrected chi connectivity index (χ3v) is 12.2. The molecule has 0 heterocycles. The van der Waals surface area contributed by atoms with Crippen LogP contribution in [0.15, 0.2) is 99.6 Å². The molecule has 7 aromatic carbocycles. The molecular formula is C43H17BF20S. The Hall–Kier alpha value is -6.45.